The molecule has 2 aromatic carbocycles. The van der Waals surface area contributed by atoms with Gasteiger partial charge in [-0.1, -0.05) is 30.3 Å². The second kappa shape index (κ2) is 8.33. The van der Waals surface area contributed by atoms with Crippen LogP contribution in [0.25, 0.3) is 0 Å². The van der Waals surface area contributed by atoms with Crippen molar-refractivity contribution in [1.82, 2.24) is 9.58 Å². The molecule has 3 heterocycles. The second-order valence-electron chi connectivity index (χ2n) is 8.15. The number of halogens is 2. The Hall–Kier alpha value is -4.14. The van der Waals surface area contributed by atoms with Crippen LogP contribution in [0.1, 0.15) is 33.2 Å². The van der Waals surface area contributed by atoms with Gasteiger partial charge in [0.15, 0.2) is 23.0 Å². The van der Waals surface area contributed by atoms with Crippen LogP contribution in [0.2, 0.25) is 0 Å². The van der Waals surface area contributed by atoms with Crippen molar-refractivity contribution in [3.8, 4) is 11.5 Å². The minimum absolute atomic E-state index is 0.0358. The zero-order valence-electron chi connectivity index (χ0n) is 18.2. The number of nitrogens with zero attached hydrogens (tertiary/aromatic N) is 3. The first-order valence-electron chi connectivity index (χ1n) is 10.7. The van der Waals surface area contributed by atoms with E-state index >= 15 is 4.39 Å². The van der Waals surface area contributed by atoms with Crippen LogP contribution in [-0.4, -0.2) is 40.4 Å². The predicted octanol–water partition coefficient (Wildman–Crippen LogP) is 3.23. The molecule has 0 unspecified atom stereocenters. The highest BCUT2D eigenvalue weighted by molar-refractivity contribution is 5.96. The number of rotatable bonds is 1. The number of aromatic hydroxyl groups is 1. The third-order valence-corrected chi connectivity index (χ3v) is 6.11. The Morgan fingerprint density at radius 3 is 2.62 bits per heavy atom. The molecule has 5 rings (SSSR count). The van der Waals surface area contributed by atoms with E-state index < -0.39 is 34.8 Å². The van der Waals surface area contributed by atoms with Gasteiger partial charge in [0.1, 0.15) is 19.3 Å². The smallest absolute Gasteiger partial charge is 0.278 e. The van der Waals surface area contributed by atoms with Crippen LogP contribution in [0.4, 0.5) is 8.78 Å². The van der Waals surface area contributed by atoms with Crippen LogP contribution in [0.3, 0.4) is 0 Å². The van der Waals surface area contributed by atoms with Crippen LogP contribution in [0.5, 0.6) is 11.5 Å². The average molecular weight is 465 g/mol. The SMILES string of the molecule is Cc1ccccc1[C@@H]1c2ccc(F)c(F)c2OC/C=C/CN2CN1n1ccc(=O)c(O)c1C2=O. The average Bonchev–Trinajstić information content (AvgIpc) is 2.85. The van der Waals surface area contributed by atoms with E-state index in [1.807, 2.05) is 31.2 Å². The Kier molecular flexibility index (Phi) is 5.31. The molecule has 3 aromatic rings. The second-order valence-corrected chi connectivity index (χ2v) is 8.15. The van der Waals surface area contributed by atoms with Gasteiger partial charge in [0, 0.05) is 24.4 Å². The summed E-state index contributed by atoms with van der Waals surface area (Å²) >= 11 is 0. The summed E-state index contributed by atoms with van der Waals surface area (Å²) < 4.78 is 36.4. The van der Waals surface area contributed by atoms with Gasteiger partial charge in [0.2, 0.25) is 11.2 Å². The van der Waals surface area contributed by atoms with E-state index in [9.17, 15) is 19.1 Å². The summed E-state index contributed by atoms with van der Waals surface area (Å²) in [6, 6.07) is 10.3. The topological polar surface area (TPSA) is 75.0 Å². The largest absolute Gasteiger partial charge is 0.502 e. The van der Waals surface area contributed by atoms with Gasteiger partial charge in [-0.25, -0.2) is 4.39 Å². The molecule has 0 saturated carbocycles. The molecular weight excluding hydrogens is 444 g/mol. The number of hydrogen-bond acceptors (Lipinski definition) is 5. The van der Waals surface area contributed by atoms with Crippen LogP contribution < -0.4 is 15.2 Å². The molecule has 174 valence electrons. The Morgan fingerprint density at radius 2 is 1.82 bits per heavy atom. The standard InChI is InChI=1S/C25H21F2N3O4/c1-15-6-2-3-7-16(15)21-17-8-9-18(26)20(27)24(17)34-13-5-4-11-28-14-30(21)29-12-10-19(31)23(32)22(29)25(28)33/h2-10,12,21,32H,11,13-14H2,1H3/b5-4+/t21-/m1/s1. The highest BCUT2D eigenvalue weighted by Crippen LogP contribution is 2.39. The number of amides is 1. The fraction of sp³-hybridized carbons (Fsp3) is 0.200. The summed E-state index contributed by atoms with van der Waals surface area (Å²) in [4.78, 5) is 26.9. The van der Waals surface area contributed by atoms with Gasteiger partial charge in [-0.2, -0.15) is 4.39 Å². The highest BCUT2D eigenvalue weighted by atomic mass is 19.2. The lowest BCUT2D eigenvalue weighted by Crippen LogP contribution is -2.55. The molecule has 0 spiro atoms. The Balaban J connectivity index is 1.85. The van der Waals surface area contributed by atoms with Crippen molar-refractivity contribution in [3.63, 3.8) is 0 Å². The number of carbonyl (C=O) groups is 1. The Morgan fingerprint density at radius 1 is 1.03 bits per heavy atom. The summed E-state index contributed by atoms with van der Waals surface area (Å²) in [5.74, 6) is -3.60. The number of aryl methyl sites for hydroxylation is 1. The monoisotopic (exact) mass is 465 g/mol. The molecule has 34 heavy (non-hydrogen) atoms. The maximum atomic E-state index is 15.0. The number of pyridine rings is 1. The number of hydrogen-bond donors (Lipinski definition) is 1. The third-order valence-electron chi connectivity index (χ3n) is 6.11. The van der Waals surface area contributed by atoms with E-state index in [1.165, 1.54) is 21.8 Å². The number of fused-ring (bicyclic) bond motifs is 5. The molecule has 2 aliphatic rings. The summed E-state index contributed by atoms with van der Waals surface area (Å²) in [5.41, 5.74) is 1.07. The Bertz CT molecular complexity index is 1390. The first kappa shape index (κ1) is 21.7. The van der Waals surface area contributed by atoms with E-state index in [0.717, 1.165) is 23.3 Å². The molecule has 9 heteroatoms. The van der Waals surface area contributed by atoms with Crippen molar-refractivity contribution in [2.24, 2.45) is 0 Å². The molecule has 1 atom stereocenters. The molecule has 2 bridgehead atoms. The normalized spacial score (nSPS) is 18.4. The molecule has 2 aliphatic heterocycles. The molecule has 0 aliphatic carbocycles. The zero-order valence-corrected chi connectivity index (χ0v) is 18.2. The van der Waals surface area contributed by atoms with Crippen LogP contribution >= 0.6 is 0 Å². The highest BCUT2D eigenvalue weighted by Gasteiger charge is 2.38. The number of benzene rings is 2. The van der Waals surface area contributed by atoms with Gasteiger partial charge in [-0.15, -0.1) is 0 Å². The molecule has 0 saturated heterocycles. The van der Waals surface area contributed by atoms with Gasteiger partial charge in [-0.05, 0) is 36.3 Å². The van der Waals surface area contributed by atoms with Crippen LogP contribution in [0.15, 0.2) is 65.6 Å². The molecule has 1 amide bonds. The number of ether oxygens (including phenoxy) is 1. The third kappa shape index (κ3) is 3.40. The number of aromatic nitrogens is 1. The van der Waals surface area contributed by atoms with E-state index in [-0.39, 0.29) is 31.3 Å². The van der Waals surface area contributed by atoms with Crippen molar-refractivity contribution in [3.05, 3.63) is 105 Å². The zero-order chi connectivity index (χ0) is 24.0. The maximum absolute atomic E-state index is 15.0. The van der Waals surface area contributed by atoms with Crippen molar-refractivity contribution in [2.45, 2.75) is 13.0 Å². The van der Waals surface area contributed by atoms with Gasteiger partial charge in [0.25, 0.3) is 5.91 Å². The molecule has 0 fully saturated rings. The maximum Gasteiger partial charge on any atom is 0.278 e. The fourth-order valence-electron chi connectivity index (χ4n) is 4.43. The lowest BCUT2D eigenvalue weighted by atomic mass is 9.93. The summed E-state index contributed by atoms with van der Waals surface area (Å²) in [5, 5.41) is 12.3. The Labute approximate surface area is 193 Å². The summed E-state index contributed by atoms with van der Waals surface area (Å²) in [6.07, 6.45) is 4.66. The predicted molar refractivity (Wildman–Crippen MR) is 121 cm³/mol. The van der Waals surface area contributed by atoms with Crippen LogP contribution in [0, 0.1) is 18.6 Å². The van der Waals surface area contributed by atoms with Crippen LogP contribution in [-0.2, 0) is 0 Å². The molecule has 1 aromatic heterocycles. The van der Waals surface area contributed by atoms with Gasteiger partial charge in [-0.3, -0.25) is 19.3 Å². The van der Waals surface area contributed by atoms with Crippen molar-refractivity contribution >= 4 is 5.91 Å². The van der Waals surface area contributed by atoms with Crippen molar-refractivity contribution < 1.29 is 23.4 Å². The minimum atomic E-state index is -1.11. The number of carbonyl (C=O) groups excluding carboxylic acids is 1. The lowest BCUT2D eigenvalue weighted by Gasteiger charge is -2.44. The quantitative estimate of drug-likeness (QED) is 0.559. The summed E-state index contributed by atoms with van der Waals surface area (Å²) in [6.45, 7) is 2.07. The molecule has 1 N–H and O–H groups in total. The molecule has 7 nitrogen and oxygen atoms in total. The van der Waals surface area contributed by atoms with Gasteiger partial charge in [0.05, 0.1) is 0 Å². The van der Waals surface area contributed by atoms with E-state index in [2.05, 4.69) is 0 Å². The van der Waals surface area contributed by atoms with E-state index in [1.54, 1.807) is 17.2 Å². The molecule has 0 radical (unpaired) electrons. The summed E-state index contributed by atoms with van der Waals surface area (Å²) in [7, 11) is 0. The van der Waals surface area contributed by atoms with Crippen molar-refractivity contribution in [2.75, 3.05) is 24.8 Å². The van der Waals surface area contributed by atoms with E-state index in [0.29, 0.717) is 5.56 Å². The first-order chi connectivity index (χ1) is 16.4. The molecular formula is C25H21F2N3O4. The first-order valence-corrected chi connectivity index (χ1v) is 10.7. The lowest BCUT2D eigenvalue weighted by molar-refractivity contribution is 0.0701. The minimum Gasteiger partial charge on any atom is -0.502 e. The fourth-order valence-corrected chi connectivity index (χ4v) is 4.43. The van der Waals surface area contributed by atoms with Gasteiger partial charge >= 0.3 is 0 Å². The van der Waals surface area contributed by atoms with Crippen molar-refractivity contribution in [1.29, 1.82) is 0 Å². The van der Waals surface area contributed by atoms with Gasteiger partial charge < -0.3 is 14.7 Å². The van der Waals surface area contributed by atoms with E-state index in [4.69, 9.17) is 4.74 Å².